The van der Waals surface area contributed by atoms with Crippen LogP contribution in [0.1, 0.15) is 19.4 Å². The summed E-state index contributed by atoms with van der Waals surface area (Å²) in [6.45, 7) is 6.53. The van der Waals surface area contributed by atoms with Crippen molar-refractivity contribution in [1.82, 2.24) is 5.32 Å². The van der Waals surface area contributed by atoms with Crippen LogP contribution >= 0.6 is 0 Å². The van der Waals surface area contributed by atoms with Gasteiger partial charge in [0.25, 0.3) is 0 Å². The average molecular weight is 233 g/mol. The molecule has 3 heteroatoms. The van der Waals surface area contributed by atoms with E-state index in [0.717, 1.165) is 30.2 Å². The molecule has 0 saturated heterocycles. The summed E-state index contributed by atoms with van der Waals surface area (Å²) in [5.74, 6) is 3.96. The quantitative estimate of drug-likeness (QED) is 0.732. The number of hydrogen-bond donors (Lipinski definition) is 1. The van der Waals surface area contributed by atoms with E-state index in [0.29, 0.717) is 6.61 Å². The van der Waals surface area contributed by atoms with Crippen molar-refractivity contribution in [2.24, 2.45) is 0 Å². The first kappa shape index (κ1) is 13.4. The van der Waals surface area contributed by atoms with Crippen LogP contribution in [0.2, 0.25) is 0 Å². The highest BCUT2D eigenvalue weighted by molar-refractivity contribution is 5.46. The zero-order valence-electron chi connectivity index (χ0n) is 10.5. The molecular weight excluding hydrogens is 214 g/mol. The van der Waals surface area contributed by atoms with E-state index in [1.54, 1.807) is 0 Å². The predicted octanol–water partition coefficient (Wildman–Crippen LogP) is 2.21. The van der Waals surface area contributed by atoms with Crippen molar-refractivity contribution in [2.75, 3.05) is 19.8 Å². The van der Waals surface area contributed by atoms with Crippen LogP contribution in [-0.2, 0) is 6.54 Å². The van der Waals surface area contributed by atoms with Gasteiger partial charge in [0, 0.05) is 12.1 Å². The van der Waals surface area contributed by atoms with Crippen LogP contribution in [0.4, 0.5) is 0 Å². The molecule has 0 saturated carbocycles. The first-order chi connectivity index (χ1) is 8.33. The van der Waals surface area contributed by atoms with Crippen molar-refractivity contribution < 1.29 is 9.47 Å². The third kappa shape index (κ3) is 4.01. The summed E-state index contributed by atoms with van der Waals surface area (Å²) < 4.78 is 11.1. The molecule has 0 fully saturated rings. The van der Waals surface area contributed by atoms with Crippen molar-refractivity contribution in [3.8, 4) is 23.8 Å². The van der Waals surface area contributed by atoms with Gasteiger partial charge in [0.05, 0.1) is 6.61 Å². The van der Waals surface area contributed by atoms with Crippen molar-refractivity contribution in [1.29, 1.82) is 0 Å². The number of terminal acetylenes is 1. The van der Waals surface area contributed by atoms with Gasteiger partial charge in [-0.15, -0.1) is 6.42 Å². The highest BCUT2D eigenvalue weighted by Crippen LogP contribution is 2.31. The third-order valence-electron chi connectivity index (χ3n) is 2.23. The zero-order valence-corrected chi connectivity index (χ0v) is 10.5. The fourth-order valence-electron chi connectivity index (χ4n) is 1.51. The molecule has 0 bridgehead atoms. The van der Waals surface area contributed by atoms with Gasteiger partial charge in [-0.25, -0.2) is 0 Å². The lowest BCUT2D eigenvalue weighted by atomic mass is 10.2. The molecule has 92 valence electrons. The molecule has 0 unspecified atom stereocenters. The van der Waals surface area contributed by atoms with Crippen molar-refractivity contribution >= 4 is 0 Å². The summed E-state index contributed by atoms with van der Waals surface area (Å²) >= 11 is 0. The lowest BCUT2D eigenvalue weighted by Gasteiger charge is -2.14. The smallest absolute Gasteiger partial charge is 0.167 e. The first-order valence-electron chi connectivity index (χ1n) is 5.85. The van der Waals surface area contributed by atoms with Crippen LogP contribution in [-0.4, -0.2) is 19.8 Å². The molecule has 1 rings (SSSR count). The van der Waals surface area contributed by atoms with Gasteiger partial charge in [-0.2, -0.15) is 0 Å². The summed E-state index contributed by atoms with van der Waals surface area (Å²) in [4.78, 5) is 0. The molecular formula is C14H19NO2. The molecule has 0 atom stereocenters. The minimum atomic E-state index is 0.253. The average Bonchev–Trinajstić information content (AvgIpc) is 2.35. The van der Waals surface area contributed by atoms with E-state index in [-0.39, 0.29) is 6.61 Å². The lowest BCUT2D eigenvalue weighted by Crippen LogP contribution is -2.13. The van der Waals surface area contributed by atoms with Crippen LogP contribution in [0, 0.1) is 12.3 Å². The summed E-state index contributed by atoms with van der Waals surface area (Å²) in [6, 6.07) is 5.86. The van der Waals surface area contributed by atoms with E-state index >= 15 is 0 Å². The molecule has 1 aromatic rings. The normalized spacial score (nSPS) is 9.71. The maximum absolute atomic E-state index is 5.57. The second-order valence-electron chi connectivity index (χ2n) is 3.45. The Bertz CT molecular complexity index is 382. The van der Waals surface area contributed by atoms with Gasteiger partial charge in [-0.3, -0.25) is 0 Å². The molecule has 1 N–H and O–H groups in total. The van der Waals surface area contributed by atoms with E-state index in [1.165, 1.54) is 0 Å². The highest BCUT2D eigenvalue weighted by Gasteiger charge is 2.10. The predicted molar refractivity (Wildman–Crippen MR) is 69.3 cm³/mol. The molecule has 1 aromatic carbocycles. The number of para-hydroxylation sites is 1. The minimum Gasteiger partial charge on any atom is -0.490 e. The van der Waals surface area contributed by atoms with Gasteiger partial charge in [-0.1, -0.05) is 25.0 Å². The Labute approximate surface area is 103 Å². The highest BCUT2D eigenvalue weighted by atomic mass is 16.5. The topological polar surface area (TPSA) is 30.5 Å². The summed E-state index contributed by atoms with van der Waals surface area (Å²) in [5.41, 5.74) is 1.06. The van der Waals surface area contributed by atoms with Crippen LogP contribution in [0.15, 0.2) is 18.2 Å². The van der Waals surface area contributed by atoms with E-state index in [4.69, 9.17) is 15.9 Å². The molecule has 3 nitrogen and oxygen atoms in total. The second kappa shape index (κ2) is 7.59. The largest absolute Gasteiger partial charge is 0.490 e. The number of rotatable bonds is 7. The van der Waals surface area contributed by atoms with E-state index in [1.807, 2.05) is 25.1 Å². The van der Waals surface area contributed by atoms with E-state index in [2.05, 4.69) is 18.2 Å². The van der Waals surface area contributed by atoms with Gasteiger partial charge < -0.3 is 14.8 Å². The van der Waals surface area contributed by atoms with Crippen LogP contribution in [0.25, 0.3) is 0 Å². The molecule has 0 amide bonds. The Hall–Kier alpha value is -1.66. The third-order valence-corrected chi connectivity index (χ3v) is 2.23. The first-order valence-corrected chi connectivity index (χ1v) is 5.85. The van der Waals surface area contributed by atoms with Gasteiger partial charge in [0.2, 0.25) is 0 Å². The number of hydrogen-bond acceptors (Lipinski definition) is 3. The minimum absolute atomic E-state index is 0.253. The maximum Gasteiger partial charge on any atom is 0.167 e. The fourth-order valence-corrected chi connectivity index (χ4v) is 1.51. The molecule has 0 radical (unpaired) electrons. The SMILES string of the molecule is C#CCOc1c(CNCC)cccc1OCC. The Morgan fingerprint density at radius 2 is 2.12 bits per heavy atom. The summed E-state index contributed by atoms with van der Waals surface area (Å²) in [6.07, 6.45) is 5.22. The van der Waals surface area contributed by atoms with Gasteiger partial charge in [-0.05, 0) is 19.5 Å². The Morgan fingerprint density at radius 1 is 1.29 bits per heavy atom. The van der Waals surface area contributed by atoms with Crippen LogP contribution in [0.3, 0.4) is 0 Å². The van der Waals surface area contributed by atoms with Crippen LogP contribution < -0.4 is 14.8 Å². The Morgan fingerprint density at radius 3 is 2.76 bits per heavy atom. The van der Waals surface area contributed by atoms with Crippen LogP contribution in [0.5, 0.6) is 11.5 Å². The second-order valence-corrected chi connectivity index (χ2v) is 3.45. The number of benzene rings is 1. The van der Waals surface area contributed by atoms with Gasteiger partial charge >= 0.3 is 0 Å². The Balaban J connectivity index is 2.92. The monoisotopic (exact) mass is 233 g/mol. The molecule has 0 aliphatic carbocycles. The number of ether oxygens (including phenoxy) is 2. The Kier molecular flexibility index (Phi) is 5.98. The summed E-state index contributed by atoms with van der Waals surface area (Å²) in [5, 5.41) is 3.26. The molecule has 0 aromatic heterocycles. The molecule has 0 spiro atoms. The summed E-state index contributed by atoms with van der Waals surface area (Å²) in [7, 11) is 0. The molecule has 0 aliphatic rings. The molecule has 17 heavy (non-hydrogen) atoms. The number of nitrogens with one attached hydrogen (secondary N) is 1. The van der Waals surface area contributed by atoms with Crippen molar-refractivity contribution in [2.45, 2.75) is 20.4 Å². The molecule has 0 aliphatic heterocycles. The van der Waals surface area contributed by atoms with Gasteiger partial charge in [0.1, 0.15) is 6.61 Å². The van der Waals surface area contributed by atoms with E-state index in [9.17, 15) is 0 Å². The standard InChI is InChI=1S/C14H19NO2/c1-4-10-17-14-12(11-15-5-2)8-7-9-13(14)16-6-3/h1,7-9,15H,5-6,10-11H2,2-3H3. The van der Waals surface area contributed by atoms with Gasteiger partial charge in [0.15, 0.2) is 11.5 Å². The fraction of sp³-hybridized carbons (Fsp3) is 0.429. The van der Waals surface area contributed by atoms with E-state index < -0.39 is 0 Å². The maximum atomic E-state index is 5.57. The van der Waals surface area contributed by atoms with Crippen molar-refractivity contribution in [3.63, 3.8) is 0 Å². The lowest BCUT2D eigenvalue weighted by molar-refractivity contribution is 0.296. The van der Waals surface area contributed by atoms with Crippen molar-refractivity contribution in [3.05, 3.63) is 23.8 Å². The zero-order chi connectivity index (χ0) is 12.5. The molecule has 0 heterocycles.